The largest absolute Gasteiger partial charge is 0.321 e. The van der Waals surface area contributed by atoms with Crippen molar-refractivity contribution in [2.75, 3.05) is 0 Å². The number of pyridine rings is 1. The molecule has 3 rings (SSSR count). The second kappa shape index (κ2) is 1.94. The van der Waals surface area contributed by atoms with Gasteiger partial charge in [0.1, 0.15) is 0 Å². The van der Waals surface area contributed by atoms with E-state index in [-0.39, 0.29) is 0 Å². The lowest BCUT2D eigenvalue weighted by Gasteiger charge is -2.07. The van der Waals surface area contributed by atoms with Crippen LogP contribution in [0.2, 0.25) is 0 Å². The minimum atomic E-state index is 0.922. The Morgan fingerprint density at radius 1 is 1.33 bits per heavy atom. The van der Waals surface area contributed by atoms with Crippen LogP contribution < -0.4 is 0 Å². The first kappa shape index (κ1) is 5.94. The highest BCUT2D eigenvalue weighted by atomic mass is 15.2. The van der Waals surface area contributed by atoms with E-state index in [0.29, 0.717) is 0 Å². The third-order valence-electron chi connectivity index (χ3n) is 2.19. The molecule has 12 heavy (non-hydrogen) atoms. The van der Waals surface area contributed by atoms with Gasteiger partial charge in [0.05, 0.1) is 6.20 Å². The topological polar surface area (TPSA) is 30.7 Å². The molecule has 0 N–H and O–H groups in total. The molecule has 0 aromatic rings. The van der Waals surface area contributed by atoms with Gasteiger partial charge in [0.2, 0.25) is 0 Å². The zero-order valence-corrected chi connectivity index (χ0v) is 6.44. The van der Waals surface area contributed by atoms with Crippen LogP contribution >= 0.6 is 0 Å². The molecule has 0 aromatic carbocycles. The number of rotatable bonds is 0. The molecule has 0 aliphatic carbocycles. The maximum atomic E-state index is 4.06. The molecule has 0 unspecified atom stereocenters. The summed E-state index contributed by atoms with van der Waals surface area (Å²) >= 11 is 0. The average Bonchev–Trinajstić information content (AvgIpc) is 2.71. The van der Waals surface area contributed by atoms with E-state index in [9.17, 15) is 0 Å². The minimum absolute atomic E-state index is 0.922. The summed E-state index contributed by atoms with van der Waals surface area (Å²) in [6.45, 7) is 0.922. The molecular formula is C9H7N3. The lowest BCUT2D eigenvalue weighted by atomic mass is 10.2. The van der Waals surface area contributed by atoms with Crippen molar-refractivity contribution in [2.24, 2.45) is 0 Å². The van der Waals surface area contributed by atoms with Gasteiger partial charge in [0.15, 0.2) is 5.82 Å². The average molecular weight is 157 g/mol. The van der Waals surface area contributed by atoms with Crippen molar-refractivity contribution in [3.63, 3.8) is 0 Å². The maximum absolute atomic E-state index is 4.06. The maximum Gasteiger partial charge on any atom is 0.164 e. The minimum Gasteiger partial charge on any atom is -0.321 e. The summed E-state index contributed by atoms with van der Waals surface area (Å²) in [5.74, 6) is 0.984. The van der Waals surface area contributed by atoms with Crippen molar-refractivity contribution in [1.82, 2.24) is 14.8 Å². The van der Waals surface area contributed by atoms with E-state index in [0.717, 1.165) is 17.9 Å². The summed E-state index contributed by atoms with van der Waals surface area (Å²) in [5.41, 5.74) is 2.32. The van der Waals surface area contributed by atoms with Crippen LogP contribution in [0.3, 0.4) is 0 Å². The van der Waals surface area contributed by atoms with Crippen LogP contribution in [-0.4, -0.2) is 14.8 Å². The Morgan fingerprint density at radius 2 is 2.33 bits per heavy atom. The van der Waals surface area contributed by atoms with Gasteiger partial charge in [0, 0.05) is 17.8 Å². The summed E-state index contributed by atoms with van der Waals surface area (Å²) in [7, 11) is 0. The normalized spacial score (nSPS) is 14.0. The van der Waals surface area contributed by atoms with Crippen molar-refractivity contribution in [3.05, 3.63) is 30.1 Å². The molecule has 0 saturated carbocycles. The first-order chi connectivity index (χ1) is 5.95. The number of aromatic nitrogens is 3. The van der Waals surface area contributed by atoms with E-state index in [2.05, 4.69) is 39.0 Å². The van der Waals surface area contributed by atoms with Crippen LogP contribution in [0.15, 0.2) is 24.4 Å². The van der Waals surface area contributed by atoms with Crippen molar-refractivity contribution >= 4 is 6.08 Å². The fourth-order valence-corrected chi connectivity index (χ4v) is 1.59. The Morgan fingerprint density at radius 3 is 3.33 bits per heavy atom. The SMILES string of the molecule is C1=Cc2ccc3cnnc-3n2C1. The van der Waals surface area contributed by atoms with Gasteiger partial charge < -0.3 is 4.57 Å². The van der Waals surface area contributed by atoms with Crippen LogP contribution in [-0.2, 0) is 6.54 Å². The molecule has 0 spiro atoms. The Balaban J connectivity index is 2.41. The monoisotopic (exact) mass is 157 g/mol. The number of fused-ring (bicyclic) bond motifs is 3. The number of allylic oxidation sites excluding steroid dienone is 1. The third-order valence-corrected chi connectivity index (χ3v) is 2.19. The van der Waals surface area contributed by atoms with Crippen LogP contribution in [0.5, 0.6) is 0 Å². The predicted molar refractivity (Wildman–Crippen MR) is 45.7 cm³/mol. The standard InChI is InChI=1S/C9H7N3/c1-2-8-4-3-7-6-10-11-9(7)12(8)5-1/h1-4,6H,5H2. The van der Waals surface area contributed by atoms with E-state index in [1.165, 1.54) is 5.69 Å². The number of nitrogens with zero attached hydrogens (tertiary/aromatic N) is 3. The molecule has 0 fully saturated rings. The van der Waals surface area contributed by atoms with Gasteiger partial charge in [-0.25, -0.2) is 0 Å². The fraction of sp³-hybridized carbons (Fsp3) is 0.111. The Hall–Kier alpha value is -1.64. The molecule has 0 radical (unpaired) electrons. The van der Waals surface area contributed by atoms with Gasteiger partial charge in [0.25, 0.3) is 0 Å². The van der Waals surface area contributed by atoms with Gasteiger partial charge in [-0.15, -0.1) is 5.10 Å². The third kappa shape index (κ3) is 0.605. The molecule has 0 bridgehead atoms. The zero-order chi connectivity index (χ0) is 7.97. The van der Waals surface area contributed by atoms with Crippen molar-refractivity contribution in [3.8, 4) is 11.4 Å². The van der Waals surface area contributed by atoms with Gasteiger partial charge in [-0.1, -0.05) is 6.08 Å². The number of hydrogen-bond donors (Lipinski definition) is 0. The molecule has 0 aromatic heterocycles. The molecule has 58 valence electrons. The fourth-order valence-electron chi connectivity index (χ4n) is 1.59. The highest BCUT2D eigenvalue weighted by Gasteiger charge is 2.13. The van der Waals surface area contributed by atoms with E-state index in [4.69, 9.17) is 0 Å². The molecular weight excluding hydrogens is 150 g/mol. The Labute approximate surface area is 69.7 Å². The van der Waals surface area contributed by atoms with Crippen LogP contribution in [0.4, 0.5) is 0 Å². The molecule has 3 aliphatic heterocycles. The summed E-state index contributed by atoms with van der Waals surface area (Å²) in [5, 5.41) is 7.94. The Bertz CT molecular complexity index is 428. The number of hydrogen-bond acceptors (Lipinski definition) is 2. The lowest BCUT2D eigenvalue weighted by Crippen LogP contribution is -2.01. The molecule has 3 heteroatoms. The summed E-state index contributed by atoms with van der Waals surface area (Å²) < 4.78 is 2.16. The van der Waals surface area contributed by atoms with Gasteiger partial charge in [-0.3, -0.25) is 0 Å². The predicted octanol–water partition coefficient (Wildman–Crippen LogP) is 1.41. The molecule has 0 saturated heterocycles. The molecule has 3 aliphatic rings. The zero-order valence-electron chi connectivity index (χ0n) is 6.44. The molecule has 3 heterocycles. The van der Waals surface area contributed by atoms with Crippen LogP contribution in [0.1, 0.15) is 5.69 Å². The highest BCUT2D eigenvalue weighted by molar-refractivity contribution is 5.62. The van der Waals surface area contributed by atoms with Crippen molar-refractivity contribution in [1.29, 1.82) is 0 Å². The lowest BCUT2D eigenvalue weighted by molar-refractivity contribution is 0.811. The van der Waals surface area contributed by atoms with Crippen molar-refractivity contribution in [2.45, 2.75) is 6.54 Å². The summed E-state index contributed by atoms with van der Waals surface area (Å²) in [6, 6.07) is 4.14. The smallest absolute Gasteiger partial charge is 0.164 e. The van der Waals surface area contributed by atoms with Crippen molar-refractivity contribution < 1.29 is 0 Å². The summed E-state index contributed by atoms with van der Waals surface area (Å²) in [6.07, 6.45) is 6.03. The van der Waals surface area contributed by atoms with E-state index >= 15 is 0 Å². The van der Waals surface area contributed by atoms with E-state index < -0.39 is 0 Å². The van der Waals surface area contributed by atoms with Crippen LogP contribution in [0.25, 0.3) is 17.5 Å². The van der Waals surface area contributed by atoms with Crippen LogP contribution in [0, 0.1) is 0 Å². The second-order valence-electron chi connectivity index (χ2n) is 2.89. The summed E-state index contributed by atoms with van der Waals surface area (Å²) in [4.78, 5) is 0. The molecule has 0 atom stereocenters. The van der Waals surface area contributed by atoms with E-state index in [1.807, 2.05) is 0 Å². The molecule has 0 amide bonds. The highest BCUT2D eigenvalue weighted by Crippen LogP contribution is 2.23. The quantitative estimate of drug-likeness (QED) is 0.578. The van der Waals surface area contributed by atoms with Gasteiger partial charge in [-0.2, -0.15) is 5.10 Å². The van der Waals surface area contributed by atoms with Gasteiger partial charge in [-0.05, 0) is 18.2 Å². The first-order valence-electron chi connectivity index (χ1n) is 3.92. The second-order valence-corrected chi connectivity index (χ2v) is 2.89. The molecule has 3 nitrogen and oxygen atoms in total. The first-order valence-corrected chi connectivity index (χ1v) is 3.92. The Kier molecular flexibility index (Phi) is 0.961. The van der Waals surface area contributed by atoms with Gasteiger partial charge >= 0.3 is 0 Å². The van der Waals surface area contributed by atoms with E-state index in [1.54, 1.807) is 6.20 Å².